The first kappa shape index (κ1) is 42.3. The summed E-state index contributed by atoms with van der Waals surface area (Å²) in [6, 6.07) is 16.4. The molecule has 2 aliphatic rings. The average Bonchev–Trinajstić information content (AvgIpc) is 3.63. The van der Waals surface area contributed by atoms with Crippen LogP contribution in [0.15, 0.2) is 48.5 Å². The van der Waals surface area contributed by atoms with Crippen LogP contribution in [0.3, 0.4) is 0 Å². The third-order valence-corrected chi connectivity index (χ3v) is 11.1. The standard InChI is InChI=1S/2C23H31N3O2/c2*1-4-9-19(22(27)28)20-17(3)24-23(26-14-7-5-6-8-15-26)25-21(20)18-12-10-16(2)11-13-18/h2*10-13,19H,4-9,14-15H2,1-3H3,(H,27,28). The van der Waals surface area contributed by atoms with Gasteiger partial charge < -0.3 is 20.0 Å². The first-order valence-corrected chi connectivity index (χ1v) is 20.9. The lowest BCUT2D eigenvalue weighted by Gasteiger charge is -2.24. The molecular formula is C46H62N6O4. The van der Waals surface area contributed by atoms with E-state index in [1.54, 1.807) is 0 Å². The highest BCUT2D eigenvalue weighted by Crippen LogP contribution is 2.36. The Bertz CT molecular complexity index is 1760. The first-order chi connectivity index (χ1) is 27.0. The van der Waals surface area contributed by atoms with Gasteiger partial charge in [0.2, 0.25) is 11.9 Å². The Hall–Kier alpha value is -4.86. The van der Waals surface area contributed by atoms with Gasteiger partial charge in [-0.2, -0.15) is 0 Å². The lowest BCUT2D eigenvalue weighted by Crippen LogP contribution is -2.27. The van der Waals surface area contributed by atoms with E-state index in [4.69, 9.17) is 19.9 Å². The van der Waals surface area contributed by atoms with Gasteiger partial charge in [-0.3, -0.25) is 9.59 Å². The summed E-state index contributed by atoms with van der Waals surface area (Å²) in [4.78, 5) is 48.0. The van der Waals surface area contributed by atoms with Crippen molar-refractivity contribution in [3.05, 3.63) is 82.2 Å². The van der Waals surface area contributed by atoms with E-state index in [1.165, 1.54) is 36.8 Å². The van der Waals surface area contributed by atoms with Gasteiger partial charge in [-0.25, -0.2) is 19.9 Å². The van der Waals surface area contributed by atoms with E-state index in [1.807, 2.05) is 52.0 Å². The van der Waals surface area contributed by atoms with Crippen LogP contribution in [0.1, 0.15) is 136 Å². The number of aryl methyl sites for hydroxylation is 4. The van der Waals surface area contributed by atoms with Crippen molar-refractivity contribution in [1.29, 1.82) is 0 Å². The minimum absolute atomic E-state index is 0.584. The zero-order valence-electron chi connectivity index (χ0n) is 34.5. The van der Waals surface area contributed by atoms with Gasteiger partial charge in [0.25, 0.3) is 0 Å². The summed E-state index contributed by atoms with van der Waals surface area (Å²) in [5.41, 5.74) is 8.90. The number of carboxylic acids is 2. The Labute approximate surface area is 333 Å². The van der Waals surface area contributed by atoms with Gasteiger partial charge in [0.05, 0.1) is 23.2 Å². The number of aromatic nitrogens is 4. The highest BCUT2D eigenvalue weighted by Gasteiger charge is 2.29. The molecule has 300 valence electrons. The fourth-order valence-corrected chi connectivity index (χ4v) is 8.02. The highest BCUT2D eigenvalue weighted by atomic mass is 16.4. The number of rotatable bonds is 12. The number of hydrogen-bond acceptors (Lipinski definition) is 8. The Morgan fingerprint density at radius 1 is 0.536 bits per heavy atom. The summed E-state index contributed by atoms with van der Waals surface area (Å²) in [6.07, 6.45) is 12.4. The zero-order valence-corrected chi connectivity index (χ0v) is 34.5. The fraction of sp³-hybridized carbons (Fsp3) is 0.522. The summed E-state index contributed by atoms with van der Waals surface area (Å²) in [5.74, 6) is -1.30. The molecule has 0 saturated carbocycles. The van der Waals surface area contributed by atoms with Crippen molar-refractivity contribution in [2.75, 3.05) is 36.0 Å². The molecule has 0 aliphatic carbocycles. The van der Waals surface area contributed by atoms with Gasteiger partial charge in [-0.15, -0.1) is 0 Å². The van der Waals surface area contributed by atoms with E-state index >= 15 is 0 Å². The van der Waals surface area contributed by atoms with Gasteiger partial charge in [0, 0.05) is 59.8 Å². The van der Waals surface area contributed by atoms with Gasteiger partial charge in [-0.1, -0.05) is 112 Å². The molecule has 2 atom stereocenters. The van der Waals surface area contributed by atoms with Crippen LogP contribution >= 0.6 is 0 Å². The topological polar surface area (TPSA) is 133 Å². The number of carbonyl (C=O) groups is 2. The van der Waals surface area contributed by atoms with Crippen LogP contribution in [0, 0.1) is 27.7 Å². The van der Waals surface area contributed by atoms with Crippen molar-refractivity contribution in [3.8, 4) is 22.5 Å². The van der Waals surface area contributed by atoms with Crippen LogP contribution in [0.4, 0.5) is 11.9 Å². The Morgan fingerprint density at radius 2 is 0.857 bits per heavy atom. The van der Waals surface area contributed by atoms with Crippen LogP contribution in [-0.4, -0.2) is 68.3 Å². The minimum Gasteiger partial charge on any atom is -0.481 e. The van der Waals surface area contributed by atoms with E-state index in [9.17, 15) is 19.8 Å². The second kappa shape index (κ2) is 20.3. The van der Waals surface area contributed by atoms with Crippen LogP contribution in [-0.2, 0) is 9.59 Å². The van der Waals surface area contributed by atoms with Crippen molar-refractivity contribution >= 4 is 23.8 Å². The summed E-state index contributed by atoms with van der Waals surface area (Å²) in [7, 11) is 0. The number of nitrogens with zero attached hydrogens (tertiary/aromatic N) is 6. The molecule has 2 N–H and O–H groups in total. The molecule has 2 saturated heterocycles. The molecule has 10 heteroatoms. The molecular weight excluding hydrogens is 701 g/mol. The average molecular weight is 763 g/mol. The van der Waals surface area contributed by atoms with Crippen molar-refractivity contribution in [1.82, 2.24) is 19.9 Å². The third kappa shape index (κ3) is 10.7. The molecule has 0 radical (unpaired) electrons. The molecule has 0 bridgehead atoms. The monoisotopic (exact) mass is 762 g/mol. The van der Waals surface area contributed by atoms with E-state index < -0.39 is 23.8 Å². The first-order valence-electron chi connectivity index (χ1n) is 20.9. The maximum atomic E-state index is 12.0. The summed E-state index contributed by atoms with van der Waals surface area (Å²) < 4.78 is 0. The van der Waals surface area contributed by atoms with Gasteiger partial charge >= 0.3 is 11.9 Å². The fourth-order valence-electron chi connectivity index (χ4n) is 8.02. The van der Waals surface area contributed by atoms with Gasteiger partial charge in [0.15, 0.2) is 0 Å². The molecule has 2 unspecified atom stereocenters. The van der Waals surface area contributed by atoms with Crippen molar-refractivity contribution in [2.24, 2.45) is 0 Å². The highest BCUT2D eigenvalue weighted by molar-refractivity contribution is 5.82. The quantitative estimate of drug-likeness (QED) is 0.144. The van der Waals surface area contributed by atoms with E-state index in [0.717, 1.165) is 122 Å². The molecule has 2 aromatic heterocycles. The van der Waals surface area contributed by atoms with Crippen molar-refractivity contribution in [2.45, 2.75) is 130 Å². The normalized spacial score (nSPS) is 15.9. The van der Waals surface area contributed by atoms with Crippen LogP contribution in [0.2, 0.25) is 0 Å². The van der Waals surface area contributed by atoms with Crippen molar-refractivity contribution in [3.63, 3.8) is 0 Å². The molecule has 2 aliphatic heterocycles. The number of aliphatic carboxylic acids is 2. The van der Waals surface area contributed by atoms with E-state index in [-0.39, 0.29) is 0 Å². The molecule has 0 amide bonds. The van der Waals surface area contributed by atoms with Crippen LogP contribution < -0.4 is 9.80 Å². The molecule has 6 rings (SSSR count). The number of carboxylic acid groups (broad SMARTS) is 2. The van der Waals surface area contributed by atoms with Gasteiger partial charge in [-0.05, 0) is 66.2 Å². The summed E-state index contributed by atoms with van der Waals surface area (Å²) >= 11 is 0. The number of benzene rings is 2. The third-order valence-electron chi connectivity index (χ3n) is 11.1. The van der Waals surface area contributed by atoms with E-state index in [2.05, 4.69) is 47.9 Å². The summed E-state index contributed by atoms with van der Waals surface area (Å²) in [6.45, 7) is 15.8. The number of anilines is 2. The molecule has 0 spiro atoms. The molecule has 2 aromatic carbocycles. The molecule has 56 heavy (non-hydrogen) atoms. The van der Waals surface area contributed by atoms with Gasteiger partial charge in [0.1, 0.15) is 0 Å². The predicted octanol–water partition coefficient (Wildman–Crippen LogP) is 10.2. The van der Waals surface area contributed by atoms with E-state index in [0.29, 0.717) is 12.8 Å². The maximum Gasteiger partial charge on any atom is 0.311 e. The number of hydrogen-bond donors (Lipinski definition) is 2. The Kier molecular flexibility index (Phi) is 15.4. The lowest BCUT2D eigenvalue weighted by atomic mass is 9.89. The Morgan fingerprint density at radius 3 is 1.14 bits per heavy atom. The minimum atomic E-state index is -0.801. The second-order valence-corrected chi connectivity index (χ2v) is 15.6. The van der Waals surface area contributed by atoms with Crippen LogP contribution in [0.5, 0.6) is 0 Å². The molecule has 10 nitrogen and oxygen atoms in total. The maximum absolute atomic E-state index is 12.0. The Balaban J connectivity index is 0.000000214. The molecule has 2 fully saturated rings. The molecule has 4 aromatic rings. The molecule has 4 heterocycles. The largest absolute Gasteiger partial charge is 0.481 e. The SMILES string of the molecule is CCCC(C(=O)O)c1c(C)nc(N2CCCCCC2)nc1-c1ccc(C)cc1.CCCC(C(=O)O)c1c(C)nc(N2CCCCCC2)nc1-c1ccc(C)cc1. The lowest BCUT2D eigenvalue weighted by molar-refractivity contribution is -0.140. The zero-order chi connectivity index (χ0) is 40.2. The van der Waals surface area contributed by atoms with Crippen LogP contribution in [0.25, 0.3) is 22.5 Å². The smallest absolute Gasteiger partial charge is 0.311 e. The second-order valence-electron chi connectivity index (χ2n) is 15.6. The predicted molar refractivity (Wildman–Crippen MR) is 226 cm³/mol. The summed E-state index contributed by atoms with van der Waals surface area (Å²) in [5, 5.41) is 19.8. The van der Waals surface area contributed by atoms with Crippen molar-refractivity contribution < 1.29 is 19.8 Å².